The van der Waals surface area contributed by atoms with Crippen molar-refractivity contribution in [3.63, 3.8) is 0 Å². The molecule has 0 aliphatic carbocycles. The van der Waals surface area contributed by atoms with Crippen LogP contribution in [0.4, 0.5) is 0 Å². The number of likely N-dealkylation sites (N-methyl/N-ethyl adjacent to an activating group) is 1. The number of nitrogens with one attached hydrogen (secondary N) is 1. The van der Waals surface area contributed by atoms with E-state index >= 15 is 0 Å². The van der Waals surface area contributed by atoms with Crippen molar-refractivity contribution in [2.45, 2.75) is 32.2 Å². The summed E-state index contributed by atoms with van der Waals surface area (Å²) >= 11 is 0. The van der Waals surface area contributed by atoms with Crippen molar-refractivity contribution in [3.05, 3.63) is 29.8 Å². The second-order valence-corrected chi connectivity index (χ2v) is 5.17. The molecule has 1 aliphatic heterocycles. The molecule has 0 amide bonds. The van der Waals surface area contributed by atoms with Gasteiger partial charge in [0.2, 0.25) is 0 Å². The normalized spacial score (nSPS) is 18.2. The van der Waals surface area contributed by atoms with Crippen LogP contribution >= 0.6 is 0 Å². The van der Waals surface area contributed by atoms with E-state index in [1.54, 1.807) is 0 Å². The van der Waals surface area contributed by atoms with Gasteiger partial charge in [0.1, 0.15) is 5.75 Å². The molecule has 1 aliphatic rings. The minimum absolute atomic E-state index is 0.487. The first-order valence-corrected chi connectivity index (χ1v) is 7.46. The fourth-order valence-electron chi connectivity index (χ4n) is 2.83. The Kier molecular flexibility index (Phi) is 5.67. The average molecular weight is 262 g/mol. The molecule has 2 rings (SSSR count). The highest BCUT2D eigenvalue weighted by molar-refractivity contribution is 5.29. The van der Waals surface area contributed by atoms with Gasteiger partial charge in [-0.3, -0.25) is 4.90 Å². The van der Waals surface area contributed by atoms with E-state index in [0.29, 0.717) is 6.04 Å². The van der Waals surface area contributed by atoms with Gasteiger partial charge in [0.05, 0.1) is 6.61 Å². The second-order valence-electron chi connectivity index (χ2n) is 5.17. The maximum atomic E-state index is 5.52. The highest BCUT2D eigenvalue weighted by Crippen LogP contribution is 2.25. The summed E-state index contributed by atoms with van der Waals surface area (Å²) in [6, 6.07) is 9.08. The van der Waals surface area contributed by atoms with Crippen LogP contribution in [-0.4, -0.2) is 38.2 Å². The summed E-state index contributed by atoms with van der Waals surface area (Å²) in [6.45, 7) is 6.20. The molecule has 0 saturated carbocycles. The van der Waals surface area contributed by atoms with E-state index in [4.69, 9.17) is 4.74 Å². The van der Waals surface area contributed by atoms with Gasteiger partial charge < -0.3 is 10.1 Å². The van der Waals surface area contributed by atoms with Gasteiger partial charge in [-0.25, -0.2) is 0 Å². The number of piperidine rings is 1. The zero-order valence-corrected chi connectivity index (χ0v) is 12.2. The highest BCUT2D eigenvalue weighted by atomic mass is 16.5. The lowest BCUT2D eigenvalue weighted by atomic mass is 10.0. The Labute approximate surface area is 116 Å². The molecular formula is C16H26N2O. The van der Waals surface area contributed by atoms with Crippen LogP contribution in [0.1, 0.15) is 37.8 Å². The number of benzene rings is 1. The summed E-state index contributed by atoms with van der Waals surface area (Å²) in [5, 5.41) is 3.33. The molecule has 106 valence electrons. The van der Waals surface area contributed by atoms with Crippen LogP contribution in [0.15, 0.2) is 24.3 Å². The van der Waals surface area contributed by atoms with Gasteiger partial charge in [-0.2, -0.15) is 0 Å². The Morgan fingerprint density at radius 1 is 1.16 bits per heavy atom. The molecule has 3 nitrogen and oxygen atoms in total. The third-order valence-corrected chi connectivity index (χ3v) is 3.80. The summed E-state index contributed by atoms with van der Waals surface area (Å²) in [5.41, 5.74) is 1.39. The van der Waals surface area contributed by atoms with Crippen molar-refractivity contribution in [1.82, 2.24) is 10.2 Å². The van der Waals surface area contributed by atoms with E-state index in [9.17, 15) is 0 Å². The molecule has 0 radical (unpaired) electrons. The minimum atomic E-state index is 0.487. The molecule has 1 aromatic rings. The lowest BCUT2D eigenvalue weighted by Gasteiger charge is -2.35. The topological polar surface area (TPSA) is 24.5 Å². The Balaban J connectivity index is 2.08. The molecular weight excluding hydrogens is 236 g/mol. The number of hydrogen-bond donors (Lipinski definition) is 1. The lowest BCUT2D eigenvalue weighted by Crippen LogP contribution is -2.38. The van der Waals surface area contributed by atoms with Gasteiger partial charge in [-0.15, -0.1) is 0 Å². The average Bonchev–Trinajstić information content (AvgIpc) is 2.47. The standard InChI is InChI=1S/C16H26N2O/c1-3-19-15-9-7-14(8-10-15)16(13-17-2)18-11-5-4-6-12-18/h7-10,16-17H,3-6,11-13H2,1-2H3. The molecule has 0 spiro atoms. The van der Waals surface area contributed by atoms with Gasteiger partial charge in [0.25, 0.3) is 0 Å². The smallest absolute Gasteiger partial charge is 0.119 e. The molecule has 1 unspecified atom stereocenters. The predicted octanol–water partition coefficient (Wildman–Crippen LogP) is 2.83. The molecule has 3 heteroatoms. The van der Waals surface area contributed by atoms with Crippen LogP contribution < -0.4 is 10.1 Å². The Hall–Kier alpha value is -1.06. The lowest BCUT2D eigenvalue weighted by molar-refractivity contribution is 0.162. The SMILES string of the molecule is CCOc1ccc(C(CNC)N2CCCCC2)cc1. The second kappa shape index (κ2) is 7.51. The maximum Gasteiger partial charge on any atom is 0.119 e. The molecule has 1 fully saturated rings. The minimum Gasteiger partial charge on any atom is -0.494 e. The molecule has 0 aromatic heterocycles. The number of likely N-dealkylation sites (tertiary alicyclic amines) is 1. The van der Waals surface area contributed by atoms with Gasteiger partial charge in [-0.1, -0.05) is 18.6 Å². The fourth-order valence-corrected chi connectivity index (χ4v) is 2.83. The van der Waals surface area contributed by atoms with E-state index in [2.05, 4.69) is 34.5 Å². The zero-order chi connectivity index (χ0) is 13.5. The fraction of sp³-hybridized carbons (Fsp3) is 0.625. The number of nitrogens with zero attached hydrogens (tertiary/aromatic N) is 1. The highest BCUT2D eigenvalue weighted by Gasteiger charge is 2.21. The summed E-state index contributed by atoms with van der Waals surface area (Å²) in [4.78, 5) is 2.61. The monoisotopic (exact) mass is 262 g/mol. The van der Waals surface area contributed by atoms with Crippen LogP contribution in [0.3, 0.4) is 0 Å². The molecule has 1 atom stereocenters. The van der Waals surface area contributed by atoms with E-state index < -0.39 is 0 Å². The van der Waals surface area contributed by atoms with Crippen LogP contribution in [0.2, 0.25) is 0 Å². The van der Waals surface area contributed by atoms with E-state index in [-0.39, 0.29) is 0 Å². The van der Waals surface area contributed by atoms with Crippen molar-refractivity contribution in [3.8, 4) is 5.75 Å². The van der Waals surface area contributed by atoms with Crippen LogP contribution in [0, 0.1) is 0 Å². The zero-order valence-electron chi connectivity index (χ0n) is 12.2. The molecule has 1 heterocycles. The third-order valence-electron chi connectivity index (χ3n) is 3.80. The number of hydrogen-bond acceptors (Lipinski definition) is 3. The van der Waals surface area contributed by atoms with E-state index in [1.165, 1.54) is 37.9 Å². The first-order chi connectivity index (χ1) is 9.35. The van der Waals surface area contributed by atoms with Crippen LogP contribution in [0.5, 0.6) is 5.75 Å². The molecule has 1 N–H and O–H groups in total. The van der Waals surface area contributed by atoms with Crippen molar-refractivity contribution in [1.29, 1.82) is 0 Å². The summed E-state index contributed by atoms with van der Waals surface area (Å²) < 4.78 is 5.52. The first kappa shape index (κ1) is 14.4. The summed E-state index contributed by atoms with van der Waals surface area (Å²) in [5.74, 6) is 0.966. The van der Waals surface area contributed by atoms with Crippen molar-refractivity contribution in [2.75, 3.05) is 33.3 Å². The van der Waals surface area contributed by atoms with Gasteiger partial charge in [0, 0.05) is 12.6 Å². The van der Waals surface area contributed by atoms with E-state index in [1.807, 2.05) is 14.0 Å². The Morgan fingerprint density at radius 3 is 2.42 bits per heavy atom. The third kappa shape index (κ3) is 3.95. The van der Waals surface area contributed by atoms with Crippen molar-refractivity contribution >= 4 is 0 Å². The maximum absolute atomic E-state index is 5.52. The molecule has 1 aromatic carbocycles. The largest absolute Gasteiger partial charge is 0.494 e. The molecule has 1 saturated heterocycles. The summed E-state index contributed by atoms with van der Waals surface area (Å²) in [7, 11) is 2.03. The molecule has 19 heavy (non-hydrogen) atoms. The summed E-state index contributed by atoms with van der Waals surface area (Å²) in [6.07, 6.45) is 4.04. The first-order valence-electron chi connectivity index (χ1n) is 7.46. The predicted molar refractivity (Wildman–Crippen MR) is 79.7 cm³/mol. The van der Waals surface area contributed by atoms with Gasteiger partial charge in [0.15, 0.2) is 0 Å². The quantitative estimate of drug-likeness (QED) is 0.853. The molecule has 0 bridgehead atoms. The van der Waals surface area contributed by atoms with Gasteiger partial charge in [-0.05, 0) is 57.6 Å². The van der Waals surface area contributed by atoms with E-state index in [0.717, 1.165) is 18.9 Å². The van der Waals surface area contributed by atoms with Crippen LogP contribution in [-0.2, 0) is 0 Å². The van der Waals surface area contributed by atoms with Crippen molar-refractivity contribution < 1.29 is 4.74 Å². The Morgan fingerprint density at radius 2 is 1.84 bits per heavy atom. The number of ether oxygens (including phenoxy) is 1. The Bertz CT molecular complexity index is 358. The van der Waals surface area contributed by atoms with Gasteiger partial charge >= 0.3 is 0 Å². The van der Waals surface area contributed by atoms with Crippen LogP contribution in [0.25, 0.3) is 0 Å². The number of rotatable bonds is 6. The van der Waals surface area contributed by atoms with Crippen molar-refractivity contribution in [2.24, 2.45) is 0 Å².